The van der Waals surface area contributed by atoms with Gasteiger partial charge < -0.3 is 15.0 Å². The summed E-state index contributed by atoms with van der Waals surface area (Å²) in [4.78, 5) is 2.13. The van der Waals surface area contributed by atoms with E-state index in [1.165, 1.54) is 5.56 Å². The topological polar surface area (TPSA) is 24.5 Å². The molecule has 0 radical (unpaired) electrons. The fourth-order valence-corrected chi connectivity index (χ4v) is 2.70. The maximum absolute atomic E-state index is 6.40. The van der Waals surface area contributed by atoms with Crippen LogP contribution in [-0.2, 0) is 13.1 Å². The van der Waals surface area contributed by atoms with Gasteiger partial charge in [0.2, 0.25) is 0 Å². The van der Waals surface area contributed by atoms with E-state index in [9.17, 15) is 0 Å². The molecular weight excluding hydrogens is 284 g/mol. The van der Waals surface area contributed by atoms with E-state index in [-0.39, 0.29) is 0 Å². The van der Waals surface area contributed by atoms with E-state index in [2.05, 4.69) is 28.4 Å². The van der Waals surface area contributed by atoms with Crippen LogP contribution in [-0.4, -0.2) is 21.2 Å². The number of hydrogen-bond acceptors (Lipinski definition) is 3. The Morgan fingerprint density at radius 3 is 2.62 bits per heavy atom. The summed E-state index contributed by atoms with van der Waals surface area (Å²) in [5, 5.41) is 3.89. The van der Waals surface area contributed by atoms with Crippen LogP contribution < -0.4 is 15.0 Å². The molecule has 3 nitrogen and oxygen atoms in total. The molecule has 0 spiro atoms. The van der Waals surface area contributed by atoms with Crippen LogP contribution in [0.3, 0.4) is 0 Å². The van der Waals surface area contributed by atoms with Gasteiger partial charge in [-0.15, -0.1) is 0 Å². The number of methoxy groups -OCH3 is 1. The van der Waals surface area contributed by atoms with Crippen molar-refractivity contribution in [3.05, 3.63) is 58.6 Å². The van der Waals surface area contributed by atoms with Crippen molar-refractivity contribution in [2.24, 2.45) is 0 Å². The fourth-order valence-electron chi connectivity index (χ4n) is 2.35. The highest BCUT2D eigenvalue weighted by molar-refractivity contribution is 6.33. The van der Waals surface area contributed by atoms with Crippen LogP contribution in [0, 0.1) is 0 Å². The predicted molar refractivity (Wildman–Crippen MR) is 89.3 cm³/mol. The molecule has 2 aromatic carbocycles. The maximum Gasteiger partial charge on any atom is 0.123 e. The molecule has 0 saturated heterocycles. The summed E-state index contributed by atoms with van der Waals surface area (Å²) in [7, 11) is 5.65. The van der Waals surface area contributed by atoms with Crippen molar-refractivity contribution in [3.8, 4) is 5.75 Å². The van der Waals surface area contributed by atoms with Crippen molar-refractivity contribution in [3.63, 3.8) is 0 Å². The lowest BCUT2D eigenvalue weighted by atomic mass is 10.1. The SMILES string of the molecule is CNCc1ccc(N(C)Cc2ccccc2OC)c(Cl)c1. The van der Waals surface area contributed by atoms with E-state index in [1.54, 1.807) is 7.11 Å². The number of hydrogen-bond donors (Lipinski definition) is 1. The molecule has 0 fully saturated rings. The Kier molecular flexibility index (Phi) is 5.48. The number of para-hydroxylation sites is 1. The first kappa shape index (κ1) is 15.7. The minimum atomic E-state index is 0.745. The second kappa shape index (κ2) is 7.34. The number of rotatable bonds is 6. The fraction of sp³-hybridized carbons (Fsp3) is 0.294. The standard InChI is InChI=1S/C17H21ClN2O/c1-19-11-13-8-9-16(15(18)10-13)20(2)12-14-6-4-5-7-17(14)21-3/h4-10,19H,11-12H2,1-3H3. The zero-order chi connectivity index (χ0) is 15.2. The summed E-state index contributed by atoms with van der Waals surface area (Å²) in [6.07, 6.45) is 0. The maximum atomic E-state index is 6.40. The highest BCUT2D eigenvalue weighted by Gasteiger charge is 2.10. The largest absolute Gasteiger partial charge is 0.496 e. The number of benzene rings is 2. The van der Waals surface area contributed by atoms with E-state index in [4.69, 9.17) is 16.3 Å². The third kappa shape index (κ3) is 3.90. The smallest absolute Gasteiger partial charge is 0.123 e. The zero-order valence-corrected chi connectivity index (χ0v) is 13.4. The summed E-state index contributed by atoms with van der Waals surface area (Å²) in [6, 6.07) is 14.2. The first-order valence-corrected chi connectivity index (χ1v) is 7.29. The molecule has 0 saturated carbocycles. The molecule has 4 heteroatoms. The van der Waals surface area contributed by atoms with Gasteiger partial charge in [0.05, 0.1) is 17.8 Å². The van der Waals surface area contributed by atoms with Crippen molar-refractivity contribution in [2.75, 3.05) is 26.1 Å². The molecule has 0 bridgehead atoms. The van der Waals surface area contributed by atoms with Gasteiger partial charge in [0.1, 0.15) is 5.75 Å². The highest BCUT2D eigenvalue weighted by atomic mass is 35.5. The molecule has 21 heavy (non-hydrogen) atoms. The molecule has 112 valence electrons. The molecular formula is C17H21ClN2O. The van der Waals surface area contributed by atoms with Crippen molar-refractivity contribution in [2.45, 2.75) is 13.1 Å². The average molecular weight is 305 g/mol. The van der Waals surface area contributed by atoms with Crippen LogP contribution in [0.25, 0.3) is 0 Å². The Morgan fingerprint density at radius 2 is 1.95 bits per heavy atom. The molecule has 0 aromatic heterocycles. The quantitative estimate of drug-likeness (QED) is 0.880. The second-order valence-corrected chi connectivity index (χ2v) is 5.39. The normalized spacial score (nSPS) is 10.5. The second-order valence-electron chi connectivity index (χ2n) is 4.98. The first-order valence-electron chi connectivity index (χ1n) is 6.91. The average Bonchev–Trinajstić information content (AvgIpc) is 2.48. The molecule has 0 aliphatic carbocycles. The lowest BCUT2D eigenvalue weighted by molar-refractivity contribution is 0.409. The molecule has 2 rings (SSSR count). The van der Waals surface area contributed by atoms with Crippen LogP contribution >= 0.6 is 11.6 Å². The third-order valence-corrected chi connectivity index (χ3v) is 3.71. The van der Waals surface area contributed by atoms with Crippen molar-refractivity contribution in [1.82, 2.24) is 5.32 Å². The summed E-state index contributed by atoms with van der Waals surface area (Å²) in [5.41, 5.74) is 3.33. The summed E-state index contributed by atoms with van der Waals surface area (Å²) < 4.78 is 5.40. The minimum Gasteiger partial charge on any atom is -0.496 e. The Labute approximate surface area is 131 Å². The summed E-state index contributed by atoms with van der Waals surface area (Å²) >= 11 is 6.40. The van der Waals surface area contributed by atoms with Crippen molar-refractivity contribution in [1.29, 1.82) is 0 Å². The lowest BCUT2D eigenvalue weighted by Crippen LogP contribution is -2.17. The molecule has 0 aliphatic rings. The number of ether oxygens (including phenoxy) is 1. The lowest BCUT2D eigenvalue weighted by Gasteiger charge is -2.22. The van der Waals surface area contributed by atoms with Gasteiger partial charge in [-0.1, -0.05) is 35.9 Å². The van der Waals surface area contributed by atoms with Gasteiger partial charge >= 0.3 is 0 Å². The predicted octanol–water partition coefficient (Wildman–Crippen LogP) is 3.70. The van der Waals surface area contributed by atoms with E-state index in [0.29, 0.717) is 0 Å². The number of anilines is 1. The van der Waals surface area contributed by atoms with E-state index < -0.39 is 0 Å². The highest BCUT2D eigenvalue weighted by Crippen LogP contribution is 2.28. The molecule has 1 N–H and O–H groups in total. The van der Waals surface area contributed by atoms with Gasteiger partial charge in [-0.05, 0) is 30.8 Å². The van der Waals surface area contributed by atoms with E-state index in [1.807, 2.05) is 38.4 Å². The number of nitrogens with zero attached hydrogens (tertiary/aromatic N) is 1. The summed E-state index contributed by atoms with van der Waals surface area (Å²) in [5.74, 6) is 0.896. The van der Waals surface area contributed by atoms with Gasteiger partial charge in [-0.3, -0.25) is 0 Å². The molecule has 2 aromatic rings. The van der Waals surface area contributed by atoms with Gasteiger partial charge in [-0.25, -0.2) is 0 Å². The minimum absolute atomic E-state index is 0.745. The van der Waals surface area contributed by atoms with Crippen molar-refractivity contribution < 1.29 is 4.74 Å². The molecule has 0 atom stereocenters. The van der Waals surface area contributed by atoms with Gasteiger partial charge in [0, 0.05) is 25.7 Å². The van der Waals surface area contributed by atoms with E-state index >= 15 is 0 Å². The van der Waals surface area contributed by atoms with E-state index in [0.717, 1.165) is 35.1 Å². The Bertz CT molecular complexity index is 601. The number of nitrogens with one attached hydrogen (secondary N) is 1. The molecule has 0 aliphatic heterocycles. The van der Waals surface area contributed by atoms with Crippen LogP contribution in [0.2, 0.25) is 5.02 Å². The van der Waals surface area contributed by atoms with Gasteiger partial charge in [-0.2, -0.15) is 0 Å². The zero-order valence-electron chi connectivity index (χ0n) is 12.7. The monoisotopic (exact) mass is 304 g/mol. The molecule has 0 unspecified atom stereocenters. The van der Waals surface area contributed by atoms with Crippen LogP contribution in [0.5, 0.6) is 5.75 Å². The van der Waals surface area contributed by atoms with Crippen molar-refractivity contribution >= 4 is 17.3 Å². The van der Waals surface area contributed by atoms with Crippen LogP contribution in [0.1, 0.15) is 11.1 Å². The van der Waals surface area contributed by atoms with Gasteiger partial charge in [0.15, 0.2) is 0 Å². The first-order chi connectivity index (χ1) is 10.2. The summed E-state index contributed by atoms with van der Waals surface area (Å²) in [6.45, 7) is 1.56. The Hall–Kier alpha value is -1.71. The van der Waals surface area contributed by atoms with Crippen LogP contribution in [0.4, 0.5) is 5.69 Å². The third-order valence-electron chi connectivity index (χ3n) is 3.40. The van der Waals surface area contributed by atoms with Crippen LogP contribution in [0.15, 0.2) is 42.5 Å². The Morgan fingerprint density at radius 1 is 1.19 bits per heavy atom. The number of halogens is 1. The molecule has 0 heterocycles. The Balaban J connectivity index is 2.18. The van der Waals surface area contributed by atoms with Gasteiger partial charge in [0.25, 0.3) is 0 Å². The molecule has 0 amide bonds.